The molecule has 156 valence electrons. The Hall–Kier alpha value is -1.92. The second-order valence-electron chi connectivity index (χ2n) is 8.33. The van der Waals surface area contributed by atoms with Gasteiger partial charge in [0.05, 0.1) is 12.8 Å². The molecule has 1 amide bonds. The summed E-state index contributed by atoms with van der Waals surface area (Å²) in [5, 5.41) is 5.81. The van der Waals surface area contributed by atoms with Crippen molar-refractivity contribution in [1.29, 1.82) is 0 Å². The number of thiazole rings is 1. The largest absolute Gasteiger partial charge is 0.497 e. The van der Waals surface area contributed by atoms with Crippen LogP contribution in [0.4, 0.5) is 5.13 Å². The molecule has 0 bridgehead atoms. The minimum absolute atomic E-state index is 0.109. The Labute approximate surface area is 177 Å². The zero-order valence-electron chi connectivity index (χ0n) is 17.3. The van der Waals surface area contributed by atoms with Crippen LogP contribution in [-0.2, 0) is 24.3 Å². The molecule has 5 nitrogen and oxygen atoms in total. The number of hydrogen-bond donors (Lipinski definition) is 1. The SMILES string of the molecule is COc1ccc2c(c1)CCN(Cc1csc(NC(=O)CCC3CCCCC3)n1)C2. The van der Waals surface area contributed by atoms with Crippen LogP contribution in [0.1, 0.15) is 61.8 Å². The van der Waals surface area contributed by atoms with E-state index in [1.165, 1.54) is 54.6 Å². The Morgan fingerprint density at radius 3 is 2.97 bits per heavy atom. The highest BCUT2D eigenvalue weighted by Crippen LogP contribution is 2.28. The van der Waals surface area contributed by atoms with Gasteiger partial charge < -0.3 is 10.1 Å². The van der Waals surface area contributed by atoms with Crippen molar-refractivity contribution in [3.8, 4) is 5.75 Å². The van der Waals surface area contributed by atoms with E-state index >= 15 is 0 Å². The number of benzene rings is 1. The van der Waals surface area contributed by atoms with E-state index in [-0.39, 0.29) is 5.91 Å². The summed E-state index contributed by atoms with van der Waals surface area (Å²) in [7, 11) is 1.71. The van der Waals surface area contributed by atoms with Crippen molar-refractivity contribution >= 4 is 22.4 Å². The maximum absolute atomic E-state index is 12.3. The van der Waals surface area contributed by atoms with Gasteiger partial charge in [0.1, 0.15) is 5.75 Å². The van der Waals surface area contributed by atoms with E-state index in [0.717, 1.165) is 55.0 Å². The van der Waals surface area contributed by atoms with E-state index in [4.69, 9.17) is 4.74 Å². The van der Waals surface area contributed by atoms with Crippen LogP contribution in [0.2, 0.25) is 0 Å². The summed E-state index contributed by atoms with van der Waals surface area (Å²) in [4.78, 5) is 19.3. The molecule has 1 N–H and O–H groups in total. The van der Waals surface area contributed by atoms with Gasteiger partial charge >= 0.3 is 0 Å². The second kappa shape index (κ2) is 9.72. The fraction of sp³-hybridized carbons (Fsp3) is 0.565. The third kappa shape index (κ3) is 5.58. The summed E-state index contributed by atoms with van der Waals surface area (Å²) in [5.74, 6) is 1.78. The first-order valence-electron chi connectivity index (χ1n) is 10.8. The quantitative estimate of drug-likeness (QED) is 0.693. The first-order chi connectivity index (χ1) is 14.2. The number of carbonyl (C=O) groups excluding carboxylic acids is 1. The molecule has 6 heteroatoms. The smallest absolute Gasteiger partial charge is 0.226 e. The van der Waals surface area contributed by atoms with Gasteiger partial charge in [0.2, 0.25) is 5.91 Å². The van der Waals surface area contributed by atoms with Crippen LogP contribution in [0.3, 0.4) is 0 Å². The van der Waals surface area contributed by atoms with Gasteiger partial charge in [-0.3, -0.25) is 9.69 Å². The number of ether oxygens (including phenoxy) is 1. The molecule has 0 spiro atoms. The van der Waals surface area contributed by atoms with Gasteiger partial charge in [-0.25, -0.2) is 4.98 Å². The Balaban J connectivity index is 1.25. The van der Waals surface area contributed by atoms with Gasteiger partial charge in [-0.05, 0) is 42.0 Å². The third-order valence-corrected chi connectivity index (χ3v) is 7.00. The molecule has 1 aliphatic carbocycles. The first-order valence-corrected chi connectivity index (χ1v) is 11.7. The van der Waals surface area contributed by atoms with Crippen molar-refractivity contribution in [2.45, 2.75) is 64.5 Å². The molecule has 0 atom stereocenters. The van der Waals surface area contributed by atoms with Crippen molar-refractivity contribution in [3.05, 3.63) is 40.4 Å². The number of aromatic nitrogens is 1. The predicted molar refractivity (Wildman–Crippen MR) is 117 cm³/mol. The number of nitrogens with one attached hydrogen (secondary N) is 1. The summed E-state index contributed by atoms with van der Waals surface area (Å²) in [6, 6.07) is 6.35. The number of fused-ring (bicyclic) bond motifs is 1. The van der Waals surface area contributed by atoms with Gasteiger partial charge in [0.15, 0.2) is 5.13 Å². The lowest BCUT2D eigenvalue weighted by atomic mass is 9.86. The van der Waals surface area contributed by atoms with E-state index in [9.17, 15) is 4.79 Å². The lowest BCUT2D eigenvalue weighted by Gasteiger charge is -2.28. The normalized spacial score (nSPS) is 17.7. The van der Waals surface area contributed by atoms with Gasteiger partial charge in [-0.15, -0.1) is 11.3 Å². The van der Waals surface area contributed by atoms with Crippen LogP contribution in [0.25, 0.3) is 0 Å². The lowest BCUT2D eigenvalue weighted by molar-refractivity contribution is -0.116. The highest BCUT2D eigenvalue weighted by Gasteiger charge is 2.19. The topological polar surface area (TPSA) is 54.5 Å². The van der Waals surface area contributed by atoms with E-state index in [0.29, 0.717) is 6.42 Å². The number of hydrogen-bond acceptors (Lipinski definition) is 5. The van der Waals surface area contributed by atoms with Crippen LogP contribution in [-0.4, -0.2) is 29.4 Å². The molecule has 4 rings (SSSR count). The van der Waals surface area contributed by atoms with Crippen molar-refractivity contribution in [2.24, 2.45) is 5.92 Å². The van der Waals surface area contributed by atoms with Gasteiger partial charge in [-0.2, -0.15) is 0 Å². The Morgan fingerprint density at radius 1 is 1.28 bits per heavy atom. The second-order valence-corrected chi connectivity index (χ2v) is 9.19. The van der Waals surface area contributed by atoms with Gasteiger partial charge in [0.25, 0.3) is 0 Å². The van der Waals surface area contributed by atoms with Crippen molar-refractivity contribution in [2.75, 3.05) is 19.0 Å². The number of amides is 1. The summed E-state index contributed by atoms with van der Waals surface area (Å²) in [6.45, 7) is 2.76. The molecule has 0 unspecified atom stereocenters. The fourth-order valence-corrected chi connectivity index (χ4v) is 5.23. The molecular weight excluding hydrogens is 382 g/mol. The molecule has 2 heterocycles. The van der Waals surface area contributed by atoms with E-state index in [1.807, 2.05) is 6.07 Å². The zero-order chi connectivity index (χ0) is 20.1. The van der Waals surface area contributed by atoms with Crippen LogP contribution in [0.5, 0.6) is 5.75 Å². The highest BCUT2D eigenvalue weighted by molar-refractivity contribution is 7.13. The molecule has 29 heavy (non-hydrogen) atoms. The fourth-order valence-electron chi connectivity index (χ4n) is 4.51. The average molecular weight is 414 g/mol. The van der Waals surface area contributed by atoms with Crippen molar-refractivity contribution in [1.82, 2.24) is 9.88 Å². The molecule has 1 aromatic heterocycles. The third-order valence-electron chi connectivity index (χ3n) is 6.19. The van der Waals surface area contributed by atoms with E-state index < -0.39 is 0 Å². The lowest BCUT2D eigenvalue weighted by Crippen LogP contribution is -2.30. The van der Waals surface area contributed by atoms with Crippen LogP contribution in [0, 0.1) is 5.92 Å². The Bertz CT molecular complexity index is 829. The summed E-state index contributed by atoms with van der Waals surface area (Å²) < 4.78 is 5.33. The number of methoxy groups -OCH3 is 1. The van der Waals surface area contributed by atoms with Crippen molar-refractivity contribution in [3.63, 3.8) is 0 Å². The minimum Gasteiger partial charge on any atom is -0.497 e. The molecular formula is C23H31N3O2S. The zero-order valence-corrected chi connectivity index (χ0v) is 18.1. The number of carbonyl (C=O) groups is 1. The maximum Gasteiger partial charge on any atom is 0.226 e. The molecule has 1 fully saturated rings. The highest BCUT2D eigenvalue weighted by atomic mass is 32.1. The molecule has 1 saturated carbocycles. The van der Waals surface area contributed by atoms with E-state index in [2.05, 4.69) is 32.7 Å². The summed E-state index contributed by atoms with van der Waals surface area (Å²) in [6.07, 6.45) is 9.27. The molecule has 1 aromatic carbocycles. The molecule has 2 aliphatic rings. The van der Waals surface area contributed by atoms with Crippen molar-refractivity contribution < 1.29 is 9.53 Å². The summed E-state index contributed by atoms with van der Waals surface area (Å²) >= 11 is 1.53. The van der Waals surface area contributed by atoms with Crippen LogP contribution < -0.4 is 10.1 Å². The standard InChI is InChI=1S/C23H31N3O2S/c1-28-21-9-8-19-14-26(12-11-18(19)13-21)15-20-16-29-23(24-20)25-22(27)10-7-17-5-3-2-4-6-17/h8-9,13,16-17H,2-7,10-12,14-15H2,1H3,(H,24,25,27). The van der Waals surface area contributed by atoms with Crippen LogP contribution in [0.15, 0.2) is 23.6 Å². The number of nitrogens with zero attached hydrogens (tertiary/aromatic N) is 2. The monoisotopic (exact) mass is 413 g/mol. The van der Waals surface area contributed by atoms with Gasteiger partial charge in [-0.1, -0.05) is 38.2 Å². The first kappa shape index (κ1) is 20.4. The molecule has 2 aromatic rings. The predicted octanol–water partition coefficient (Wildman–Crippen LogP) is 5.01. The summed E-state index contributed by atoms with van der Waals surface area (Å²) in [5.41, 5.74) is 3.78. The average Bonchev–Trinajstić information content (AvgIpc) is 3.19. The molecule has 0 saturated heterocycles. The number of rotatable bonds is 7. The molecule has 1 aliphatic heterocycles. The minimum atomic E-state index is 0.109. The van der Waals surface area contributed by atoms with Crippen LogP contribution >= 0.6 is 11.3 Å². The van der Waals surface area contributed by atoms with Gasteiger partial charge in [0, 0.05) is 31.4 Å². The Kier molecular flexibility index (Phi) is 6.82. The molecule has 0 radical (unpaired) electrons. The maximum atomic E-state index is 12.3. The van der Waals surface area contributed by atoms with E-state index in [1.54, 1.807) is 7.11 Å². The Morgan fingerprint density at radius 2 is 2.14 bits per heavy atom. The number of anilines is 1.